The average Bonchev–Trinajstić information content (AvgIpc) is 3.77. The van der Waals surface area contributed by atoms with Crippen LogP contribution < -0.4 is 0 Å². The molecule has 4 heterocycles. The number of hydrogen-bond donors (Lipinski definition) is 0. The van der Waals surface area contributed by atoms with Gasteiger partial charge in [-0.1, -0.05) is 103 Å². The van der Waals surface area contributed by atoms with Crippen molar-refractivity contribution < 1.29 is 8.83 Å². The number of rotatable bonds is 4. The molecular weight excluding hydrogens is 641 g/mol. The summed E-state index contributed by atoms with van der Waals surface area (Å²) in [5.41, 5.74) is 7.72. The summed E-state index contributed by atoms with van der Waals surface area (Å²) in [6.45, 7) is 0. The third-order valence-corrected chi connectivity index (χ3v) is 9.96. The summed E-state index contributed by atoms with van der Waals surface area (Å²) < 4.78 is 13.2. The van der Waals surface area contributed by atoms with Crippen LogP contribution >= 0.6 is 0 Å². The number of hydrogen-bond acceptors (Lipinski definition) is 6. The second kappa shape index (κ2) is 11.2. The van der Waals surface area contributed by atoms with Crippen molar-refractivity contribution in [3.8, 4) is 45.3 Å². The van der Waals surface area contributed by atoms with Crippen molar-refractivity contribution in [2.75, 3.05) is 0 Å². The second-order valence-corrected chi connectivity index (χ2v) is 13.1. The highest BCUT2D eigenvalue weighted by molar-refractivity contribution is 6.17. The van der Waals surface area contributed by atoms with Crippen LogP contribution in [0, 0.1) is 0 Å². The molecule has 7 aromatic carbocycles. The highest BCUT2D eigenvalue weighted by Gasteiger charge is 2.22. The summed E-state index contributed by atoms with van der Waals surface area (Å²) in [7, 11) is 0. The molecule has 0 saturated heterocycles. The molecule has 4 aromatic heterocycles. The lowest BCUT2D eigenvalue weighted by atomic mass is 9.96. The first-order valence-electron chi connectivity index (χ1n) is 17.2. The molecule has 0 aliphatic carbocycles. The van der Waals surface area contributed by atoms with Crippen molar-refractivity contribution in [1.82, 2.24) is 19.9 Å². The smallest absolute Gasteiger partial charge is 0.164 e. The van der Waals surface area contributed by atoms with E-state index in [1.807, 2.05) is 66.9 Å². The Morgan fingerprint density at radius 1 is 0.385 bits per heavy atom. The van der Waals surface area contributed by atoms with Gasteiger partial charge >= 0.3 is 0 Å². The Kier molecular flexibility index (Phi) is 6.15. The van der Waals surface area contributed by atoms with Crippen LogP contribution in [0.4, 0.5) is 0 Å². The van der Waals surface area contributed by atoms with Gasteiger partial charge in [-0.2, -0.15) is 0 Å². The third kappa shape index (κ3) is 4.51. The minimum absolute atomic E-state index is 0.551. The van der Waals surface area contributed by atoms with E-state index in [4.69, 9.17) is 23.8 Å². The maximum atomic E-state index is 6.71. The Labute approximate surface area is 296 Å². The number of aromatic nitrogens is 4. The predicted molar refractivity (Wildman–Crippen MR) is 209 cm³/mol. The number of pyridine rings is 1. The lowest BCUT2D eigenvalue weighted by Crippen LogP contribution is -2.00. The molecule has 0 aliphatic rings. The van der Waals surface area contributed by atoms with E-state index in [1.54, 1.807) is 6.20 Å². The van der Waals surface area contributed by atoms with E-state index in [0.717, 1.165) is 93.2 Å². The molecule has 11 aromatic rings. The van der Waals surface area contributed by atoms with E-state index in [-0.39, 0.29) is 0 Å². The number of para-hydroxylation sites is 2. The summed E-state index contributed by atoms with van der Waals surface area (Å²) in [4.78, 5) is 19.9. The quantitative estimate of drug-likeness (QED) is 0.186. The molecule has 0 radical (unpaired) electrons. The summed E-state index contributed by atoms with van der Waals surface area (Å²) >= 11 is 0. The molecule has 52 heavy (non-hydrogen) atoms. The molecule has 0 atom stereocenters. The lowest BCUT2D eigenvalue weighted by Gasteiger charge is -2.12. The third-order valence-electron chi connectivity index (χ3n) is 9.96. The van der Waals surface area contributed by atoms with Crippen LogP contribution in [0.15, 0.2) is 167 Å². The highest BCUT2D eigenvalue weighted by atomic mass is 16.3. The van der Waals surface area contributed by atoms with Gasteiger partial charge in [-0.3, -0.25) is 4.98 Å². The molecule has 0 N–H and O–H groups in total. The fourth-order valence-corrected chi connectivity index (χ4v) is 7.46. The number of nitrogens with zero attached hydrogens (tertiary/aromatic N) is 4. The minimum Gasteiger partial charge on any atom is -0.456 e. The van der Waals surface area contributed by atoms with E-state index in [1.165, 1.54) is 0 Å². The predicted octanol–water partition coefficient (Wildman–Crippen LogP) is 12.0. The maximum Gasteiger partial charge on any atom is 0.164 e. The monoisotopic (exact) mass is 666 g/mol. The van der Waals surface area contributed by atoms with Gasteiger partial charge < -0.3 is 8.83 Å². The van der Waals surface area contributed by atoms with E-state index >= 15 is 0 Å². The summed E-state index contributed by atoms with van der Waals surface area (Å²) in [6, 6.07) is 49.7. The van der Waals surface area contributed by atoms with Crippen LogP contribution in [-0.4, -0.2) is 19.9 Å². The Hall–Kier alpha value is -7.18. The van der Waals surface area contributed by atoms with Crippen LogP contribution in [-0.2, 0) is 0 Å². The summed E-state index contributed by atoms with van der Waals surface area (Å²) in [6.07, 6.45) is 3.69. The standard InChI is InChI=1S/C46H26N4O2/c1-2-10-28(11-3-1)44-48-45(31-18-17-27-9-4-5-12-29(27)21-31)50-46(49-44)38-22-32(34-14-8-15-36-35-13-6-7-16-39(35)52-43(34)36)25-41-42(38)37-23-33-26-47-20-19-30(33)24-40(37)51-41/h1-26H. The molecule has 6 heteroatoms. The first-order chi connectivity index (χ1) is 25.7. The lowest BCUT2D eigenvalue weighted by molar-refractivity contribution is 0.668. The highest BCUT2D eigenvalue weighted by Crippen LogP contribution is 2.43. The van der Waals surface area contributed by atoms with Crippen LogP contribution in [0.3, 0.4) is 0 Å². The van der Waals surface area contributed by atoms with Gasteiger partial charge in [0.15, 0.2) is 17.5 Å². The van der Waals surface area contributed by atoms with Crippen molar-refractivity contribution in [3.63, 3.8) is 0 Å². The first-order valence-corrected chi connectivity index (χ1v) is 17.2. The van der Waals surface area contributed by atoms with Crippen molar-refractivity contribution >= 4 is 65.4 Å². The molecule has 0 fully saturated rings. The number of benzene rings is 7. The molecular formula is C46H26N4O2. The van der Waals surface area contributed by atoms with Gasteiger partial charge in [-0.25, -0.2) is 15.0 Å². The van der Waals surface area contributed by atoms with Gasteiger partial charge in [0, 0.05) is 61.6 Å². The van der Waals surface area contributed by atoms with E-state index < -0.39 is 0 Å². The van der Waals surface area contributed by atoms with Gasteiger partial charge in [0.1, 0.15) is 22.3 Å². The van der Waals surface area contributed by atoms with Gasteiger partial charge in [0.2, 0.25) is 0 Å². The van der Waals surface area contributed by atoms with Gasteiger partial charge in [-0.05, 0) is 64.2 Å². The Morgan fingerprint density at radius 3 is 2.08 bits per heavy atom. The molecule has 11 rings (SSSR count). The van der Waals surface area contributed by atoms with E-state index in [0.29, 0.717) is 17.5 Å². The summed E-state index contributed by atoms with van der Waals surface area (Å²) in [5.74, 6) is 1.73. The average molecular weight is 667 g/mol. The molecule has 242 valence electrons. The van der Waals surface area contributed by atoms with Gasteiger partial charge in [0.05, 0.1) is 0 Å². The second-order valence-electron chi connectivity index (χ2n) is 13.1. The Balaban J connectivity index is 1.23. The van der Waals surface area contributed by atoms with Crippen LogP contribution in [0.25, 0.3) is 111 Å². The zero-order chi connectivity index (χ0) is 34.2. The normalized spacial score (nSPS) is 11.8. The molecule has 0 bridgehead atoms. The number of furan rings is 2. The van der Waals surface area contributed by atoms with Gasteiger partial charge in [0.25, 0.3) is 0 Å². The Morgan fingerprint density at radius 2 is 1.15 bits per heavy atom. The van der Waals surface area contributed by atoms with Crippen molar-refractivity contribution in [2.24, 2.45) is 0 Å². The first kappa shape index (κ1) is 28.6. The molecule has 0 unspecified atom stereocenters. The van der Waals surface area contributed by atoms with E-state index in [2.05, 4.69) is 89.9 Å². The van der Waals surface area contributed by atoms with Crippen LogP contribution in [0.2, 0.25) is 0 Å². The number of fused-ring (bicyclic) bond motifs is 8. The molecule has 0 saturated carbocycles. The summed E-state index contributed by atoms with van der Waals surface area (Å²) in [5, 5.41) is 8.39. The fourth-order valence-electron chi connectivity index (χ4n) is 7.46. The minimum atomic E-state index is 0.551. The molecule has 0 aliphatic heterocycles. The molecule has 0 amide bonds. The zero-order valence-corrected chi connectivity index (χ0v) is 27.6. The SMILES string of the molecule is c1ccc(-c2nc(-c3ccc4ccccc4c3)nc(-c3cc(-c4cccc5c4oc4ccccc45)cc4oc5cc6ccncc6cc5c34)n2)cc1. The fraction of sp³-hybridized carbons (Fsp3) is 0. The van der Waals surface area contributed by atoms with E-state index in [9.17, 15) is 0 Å². The van der Waals surface area contributed by atoms with Crippen LogP contribution in [0.5, 0.6) is 0 Å². The van der Waals surface area contributed by atoms with Crippen molar-refractivity contribution in [1.29, 1.82) is 0 Å². The largest absolute Gasteiger partial charge is 0.456 e. The molecule has 6 nitrogen and oxygen atoms in total. The van der Waals surface area contributed by atoms with Crippen molar-refractivity contribution in [2.45, 2.75) is 0 Å². The van der Waals surface area contributed by atoms with Gasteiger partial charge in [-0.15, -0.1) is 0 Å². The molecule has 0 spiro atoms. The van der Waals surface area contributed by atoms with Crippen LogP contribution in [0.1, 0.15) is 0 Å². The maximum absolute atomic E-state index is 6.71. The Bertz CT molecular complexity index is 3200. The zero-order valence-electron chi connectivity index (χ0n) is 27.6. The topological polar surface area (TPSA) is 77.8 Å². The van der Waals surface area contributed by atoms with Crippen molar-refractivity contribution in [3.05, 3.63) is 158 Å².